The Hall–Kier alpha value is 1.72. The van der Waals surface area contributed by atoms with Gasteiger partial charge in [0.15, 0.2) is 12.0 Å². The van der Waals surface area contributed by atoms with Crippen molar-refractivity contribution in [2.45, 2.75) is 37.6 Å². The molecule has 0 amide bonds. The maximum Gasteiger partial charge on any atom is 0.348 e. The number of hydrogen-bond donors (Lipinski definition) is 3. The normalized spacial score (nSPS) is 21.3. The molecular weight excluding hydrogens is 1120 g/mol. The second-order valence-corrected chi connectivity index (χ2v) is 8.37. The molecule has 0 saturated carbocycles. The van der Waals surface area contributed by atoms with E-state index >= 15 is 0 Å². The van der Waals surface area contributed by atoms with Crippen LogP contribution in [0.3, 0.4) is 0 Å². The van der Waals surface area contributed by atoms with E-state index in [0.29, 0.717) is 16.4 Å². The molecule has 4 rings (SSSR count). The number of carbonyl (C=O) groups is 1. The molecule has 3 radical (unpaired) electrons. The molecular formula is C22H23Ac3NO8S. The number of aliphatic hydroxyl groups is 3. The van der Waals surface area contributed by atoms with Gasteiger partial charge in [0, 0.05) is 150 Å². The fourth-order valence-electron chi connectivity index (χ4n) is 3.36. The van der Waals surface area contributed by atoms with Crippen molar-refractivity contribution < 1.29 is 171 Å². The number of rotatable bonds is 7. The second kappa shape index (κ2) is 16.7. The molecule has 0 spiro atoms. The van der Waals surface area contributed by atoms with Crippen molar-refractivity contribution in [3.8, 4) is 11.5 Å². The van der Waals surface area contributed by atoms with E-state index in [1.165, 1.54) is 18.4 Å². The minimum atomic E-state index is -1.14. The number of thiophene rings is 1. The van der Waals surface area contributed by atoms with Gasteiger partial charge in [0.25, 0.3) is 0 Å². The molecule has 1 aliphatic rings. The summed E-state index contributed by atoms with van der Waals surface area (Å²) < 4.78 is 22.7. The van der Waals surface area contributed by atoms with Gasteiger partial charge in [-0.3, -0.25) is 4.98 Å². The molecule has 9 nitrogen and oxygen atoms in total. The number of aliphatic hydroxyl groups excluding tert-OH is 3. The zero-order valence-corrected chi connectivity index (χ0v) is 34.0. The Morgan fingerprint density at radius 1 is 1.17 bits per heavy atom. The van der Waals surface area contributed by atoms with E-state index < -0.39 is 37.2 Å². The van der Waals surface area contributed by atoms with Crippen molar-refractivity contribution in [2.24, 2.45) is 0 Å². The molecule has 2 aromatic heterocycles. The first-order chi connectivity index (χ1) is 15.5. The molecule has 1 saturated heterocycles. The van der Waals surface area contributed by atoms with Gasteiger partial charge in [0.2, 0.25) is 0 Å². The first kappa shape index (κ1) is 34.8. The molecule has 179 valence electrons. The van der Waals surface area contributed by atoms with Gasteiger partial charge in [-0.25, -0.2) is 4.79 Å². The van der Waals surface area contributed by atoms with E-state index in [4.69, 9.17) is 18.9 Å². The number of fused-ring (bicyclic) bond motifs is 1. The van der Waals surface area contributed by atoms with Crippen LogP contribution in [0.15, 0.2) is 42.7 Å². The Morgan fingerprint density at radius 3 is 2.54 bits per heavy atom. The van der Waals surface area contributed by atoms with Gasteiger partial charge in [-0.05, 0) is 23.8 Å². The number of pyridine rings is 1. The summed E-state index contributed by atoms with van der Waals surface area (Å²) in [5.74, 6) is 0.702. The summed E-state index contributed by atoms with van der Waals surface area (Å²) in [6.07, 6.45) is -0.392. The van der Waals surface area contributed by atoms with E-state index in [1.54, 1.807) is 30.6 Å². The van der Waals surface area contributed by atoms with Crippen LogP contribution < -0.4 is 4.74 Å². The number of aromatic nitrogens is 1. The van der Waals surface area contributed by atoms with Crippen LogP contribution in [-0.4, -0.2) is 64.6 Å². The number of methoxy groups -OCH3 is 1. The molecule has 0 aliphatic carbocycles. The molecule has 3 N–H and O–H groups in total. The smallest absolute Gasteiger partial charge is 0.348 e. The van der Waals surface area contributed by atoms with Crippen LogP contribution in [0.2, 0.25) is 0 Å². The van der Waals surface area contributed by atoms with Crippen molar-refractivity contribution in [1.29, 1.82) is 0 Å². The Labute approximate surface area is 313 Å². The van der Waals surface area contributed by atoms with Crippen molar-refractivity contribution >= 4 is 27.4 Å². The Morgan fingerprint density at radius 2 is 1.89 bits per heavy atom. The average Bonchev–Trinajstić information content (AvgIpc) is 3.25. The summed E-state index contributed by atoms with van der Waals surface area (Å²) in [4.78, 5) is 16.4. The molecule has 0 bridgehead atoms. The van der Waals surface area contributed by atoms with Crippen LogP contribution >= 0.6 is 11.3 Å². The zero-order chi connectivity index (χ0) is 22.7. The first-order valence-electron chi connectivity index (χ1n) is 9.95. The fourth-order valence-corrected chi connectivity index (χ4v) is 4.33. The minimum absolute atomic E-state index is 0. The van der Waals surface area contributed by atoms with Crippen LogP contribution in [0.4, 0.5) is 0 Å². The summed E-state index contributed by atoms with van der Waals surface area (Å²) in [7, 11) is 1.34. The van der Waals surface area contributed by atoms with E-state index in [0.717, 1.165) is 15.6 Å². The third kappa shape index (κ3) is 9.13. The third-order valence-corrected chi connectivity index (χ3v) is 6.15. The van der Waals surface area contributed by atoms with Crippen LogP contribution in [0.1, 0.15) is 21.7 Å². The van der Waals surface area contributed by atoms with Gasteiger partial charge in [0.05, 0.1) is 37.3 Å². The van der Waals surface area contributed by atoms with Gasteiger partial charge in [0.1, 0.15) is 22.8 Å². The Kier molecular flexibility index (Phi) is 16.6. The van der Waals surface area contributed by atoms with Gasteiger partial charge < -0.3 is 34.3 Å². The fraction of sp³-hybridized carbons (Fsp3) is 0.364. The van der Waals surface area contributed by atoms with Crippen LogP contribution in [0, 0.1) is 132 Å². The van der Waals surface area contributed by atoms with Crippen molar-refractivity contribution in [1.82, 2.24) is 4.98 Å². The summed E-state index contributed by atoms with van der Waals surface area (Å²) in [6.45, 7) is -0.187. The number of ether oxygens (including phenoxy) is 4. The average molecular weight is 1140 g/mol. The number of carbonyl (C=O) groups excluding carboxylic acids is 1. The zero-order valence-electron chi connectivity index (χ0n) is 18.9. The maximum absolute atomic E-state index is 11.8. The summed E-state index contributed by atoms with van der Waals surface area (Å²) in [6, 6.07) is 8.94. The molecule has 4 atom stereocenters. The van der Waals surface area contributed by atoms with Crippen LogP contribution in [0.5, 0.6) is 11.5 Å². The molecule has 3 heterocycles. The predicted molar refractivity (Wildman–Crippen MR) is 115 cm³/mol. The quantitative estimate of drug-likeness (QED) is 0.306. The molecule has 1 aromatic carbocycles. The number of nitrogens with zero attached hydrogens (tertiary/aromatic N) is 1. The van der Waals surface area contributed by atoms with Crippen molar-refractivity contribution in [2.75, 3.05) is 13.7 Å². The summed E-state index contributed by atoms with van der Waals surface area (Å²) in [5.41, 5.74) is 0.849. The van der Waals surface area contributed by atoms with Gasteiger partial charge >= 0.3 is 5.97 Å². The van der Waals surface area contributed by atoms with Gasteiger partial charge in [-0.1, -0.05) is 12.1 Å². The summed E-state index contributed by atoms with van der Waals surface area (Å²) >= 11 is 1.28. The van der Waals surface area contributed by atoms with Gasteiger partial charge in [-0.15, -0.1) is 11.3 Å². The number of esters is 1. The van der Waals surface area contributed by atoms with Gasteiger partial charge in [-0.2, -0.15) is 0 Å². The Balaban J connectivity index is 0.00000204. The molecule has 1 aliphatic heterocycles. The number of hydrogen-bond acceptors (Lipinski definition) is 10. The third-order valence-electron chi connectivity index (χ3n) is 5.10. The SMILES string of the molecule is COC(=O)c1cc2c(Oc3ccc(COC4CC(O)C(O)[C@@H](CO)O4)cc3)cncc2s1.[Ac].[Ac].[Ac]. The van der Waals surface area contributed by atoms with Crippen molar-refractivity contribution in [3.63, 3.8) is 0 Å². The largest absolute Gasteiger partial charge is 0.465 e. The first-order valence-corrected chi connectivity index (χ1v) is 10.8. The molecule has 3 unspecified atom stereocenters. The number of benzene rings is 1. The Bertz CT molecular complexity index is 1080. The summed E-state index contributed by atoms with van der Waals surface area (Å²) in [5, 5.41) is 29.7. The van der Waals surface area contributed by atoms with Crippen LogP contribution in [-0.2, 0) is 20.8 Å². The van der Waals surface area contributed by atoms with E-state index in [2.05, 4.69) is 4.98 Å². The standard InChI is InChI=1S/C22H23NO8S.3Ac/c1-28-22(27)18-6-14-16(8-23-9-19(14)32-18)30-13-4-2-12(3-5-13)11-29-20-7-15(25)21(26)17(10-24)31-20;;;/h2-6,8-9,15,17,20-21,24-26H,7,10-11H2,1H3;;;/t15?,17-,20?,21?;;;/m1.../s1. The predicted octanol–water partition coefficient (Wildman–Crippen LogP) is 2.22. The molecule has 3 aromatic rings. The molecule has 13 heteroatoms. The van der Waals surface area contributed by atoms with Crippen molar-refractivity contribution in [3.05, 3.63) is 53.2 Å². The van der Waals surface area contributed by atoms with E-state index in [1.807, 2.05) is 12.1 Å². The molecule has 35 heavy (non-hydrogen) atoms. The van der Waals surface area contributed by atoms with E-state index in [9.17, 15) is 20.1 Å². The molecule has 1 fully saturated rings. The topological polar surface area (TPSA) is 128 Å². The van der Waals surface area contributed by atoms with E-state index in [-0.39, 0.29) is 145 Å². The minimum Gasteiger partial charge on any atom is -0.465 e. The monoisotopic (exact) mass is 1140 g/mol. The van der Waals surface area contributed by atoms with Crippen LogP contribution in [0.25, 0.3) is 10.1 Å². The maximum atomic E-state index is 11.8. The second-order valence-electron chi connectivity index (χ2n) is 7.29.